The van der Waals surface area contributed by atoms with Gasteiger partial charge in [-0.1, -0.05) is 48.6 Å². The van der Waals surface area contributed by atoms with Gasteiger partial charge in [0.05, 0.1) is 12.0 Å². The van der Waals surface area contributed by atoms with E-state index in [0.29, 0.717) is 5.92 Å². The van der Waals surface area contributed by atoms with Gasteiger partial charge in [-0.25, -0.2) is 0 Å². The van der Waals surface area contributed by atoms with E-state index < -0.39 is 0 Å². The van der Waals surface area contributed by atoms with Crippen molar-refractivity contribution in [3.63, 3.8) is 0 Å². The average Bonchev–Trinajstić information content (AvgIpc) is 3.43. The summed E-state index contributed by atoms with van der Waals surface area (Å²) < 4.78 is 6.56. The van der Waals surface area contributed by atoms with E-state index in [1.165, 1.54) is 51.9 Å². The Kier molecular flexibility index (Phi) is 6.36. The molecule has 2 heteroatoms. The van der Waals surface area contributed by atoms with Crippen molar-refractivity contribution in [3.8, 4) is 6.07 Å². The average molecular weight is 538 g/mol. The predicted octanol–water partition coefficient (Wildman–Crippen LogP) is 9.83. The van der Waals surface area contributed by atoms with Crippen LogP contribution in [0.4, 0.5) is 0 Å². The van der Waals surface area contributed by atoms with Crippen LogP contribution >= 0.6 is 0 Å². The fourth-order valence-electron chi connectivity index (χ4n) is 8.39. The Morgan fingerprint density at radius 1 is 0.683 bits per heavy atom. The number of fused-ring (bicyclic) bond motifs is 3. The lowest BCUT2D eigenvalue weighted by Crippen LogP contribution is -2.23. The molecule has 0 radical (unpaired) electrons. The smallest absolute Gasteiger partial charge is 0.128 e. The highest BCUT2D eigenvalue weighted by atomic mass is 16.5. The Hall–Kier alpha value is -3.57. The van der Waals surface area contributed by atoms with Gasteiger partial charge in [0, 0.05) is 5.92 Å². The highest BCUT2D eigenvalue weighted by molar-refractivity contribution is 5.56. The highest BCUT2D eigenvalue weighted by Crippen LogP contribution is 2.49. The minimum atomic E-state index is 0.184. The summed E-state index contributed by atoms with van der Waals surface area (Å²) in [5.74, 6) is 1.82. The van der Waals surface area contributed by atoms with E-state index in [9.17, 15) is 5.26 Å². The van der Waals surface area contributed by atoms with Crippen molar-refractivity contribution in [2.75, 3.05) is 0 Å². The van der Waals surface area contributed by atoms with Gasteiger partial charge < -0.3 is 4.74 Å². The summed E-state index contributed by atoms with van der Waals surface area (Å²) in [4.78, 5) is 0. The number of ether oxygens (including phenoxy) is 1. The third kappa shape index (κ3) is 4.55. The standard InChI is InChI=1S/C39H39NO/c40-24-25-5-7-26(8-6-25)27-9-11-28(12-10-27)30-13-14-32-22-33(16-15-31(32)21-30)34-17-19-36-38(23-34)41-37-20-18-29-3-1-2-4-35(29)39(36)37/h2,4,7,9,11,18,20-23,25,37,39H,1,3,5-6,8,10,12-17,19H2. The maximum Gasteiger partial charge on any atom is 0.128 e. The van der Waals surface area contributed by atoms with E-state index in [1.54, 1.807) is 22.3 Å². The minimum Gasteiger partial charge on any atom is -0.485 e. The normalized spacial score (nSPS) is 30.5. The zero-order chi connectivity index (χ0) is 27.3. The molecule has 206 valence electrons. The molecule has 0 aromatic rings. The Labute approximate surface area is 244 Å². The number of nitriles is 1. The monoisotopic (exact) mass is 537 g/mol. The maximum absolute atomic E-state index is 9.20. The van der Waals surface area contributed by atoms with Gasteiger partial charge >= 0.3 is 0 Å². The van der Waals surface area contributed by atoms with E-state index >= 15 is 0 Å². The second kappa shape index (κ2) is 10.4. The predicted molar refractivity (Wildman–Crippen MR) is 165 cm³/mol. The Bertz CT molecular complexity index is 1590. The summed E-state index contributed by atoms with van der Waals surface area (Å²) >= 11 is 0. The lowest BCUT2D eigenvalue weighted by atomic mass is 9.74. The van der Waals surface area contributed by atoms with Gasteiger partial charge in [-0.3, -0.25) is 0 Å². The molecule has 0 fully saturated rings. The van der Waals surface area contributed by atoms with Crippen molar-refractivity contribution in [2.45, 2.75) is 89.6 Å². The van der Waals surface area contributed by atoms with Crippen LogP contribution in [0, 0.1) is 23.2 Å². The van der Waals surface area contributed by atoms with Crippen LogP contribution in [0.3, 0.4) is 0 Å². The molecule has 0 aromatic carbocycles. The van der Waals surface area contributed by atoms with Crippen LogP contribution in [0.2, 0.25) is 0 Å². The van der Waals surface area contributed by atoms with Gasteiger partial charge in [-0.05, 0) is 157 Å². The van der Waals surface area contributed by atoms with Gasteiger partial charge in [0.2, 0.25) is 0 Å². The van der Waals surface area contributed by atoms with Crippen LogP contribution in [-0.4, -0.2) is 6.10 Å². The van der Waals surface area contributed by atoms with E-state index in [4.69, 9.17) is 4.74 Å². The highest BCUT2D eigenvalue weighted by Gasteiger charge is 2.40. The molecule has 2 nitrogen and oxygen atoms in total. The summed E-state index contributed by atoms with van der Waals surface area (Å²) in [6.07, 6.45) is 38.6. The summed E-state index contributed by atoms with van der Waals surface area (Å²) in [5.41, 5.74) is 16.8. The second-order valence-corrected chi connectivity index (χ2v) is 13.0. The van der Waals surface area contributed by atoms with Crippen LogP contribution < -0.4 is 0 Å². The first-order valence-electron chi connectivity index (χ1n) is 16.0. The summed E-state index contributed by atoms with van der Waals surface area (Å²) in [5, 5.41) is 9.20. The molecule has 8 aliphatic rings. The van der Waals surface area contributed by atoms with Crippen molar-refractivity contribution < 1.29 is 4.74 Å². The molecule has 0 aromatic heterocycles. The molecule has 0 bridgehead atoms. The summed E-state index contributed by atoms with van der Waals surface area (Å²) in [6.45, 7) is 0. The van der Waals surface area contributed by atoms with E-state index in [0.717, 1.165) is 76.4 Å². The number of hydrogen-bond acceptors (Lipinski definition) is 2. The quantitative estimate of drug-likeness (QED) is 0.359. The molecule has 3 atom stereocenters. The molecule has 41 heavy (non-hydrogen) atoms. The molecule has 7 aliphatic carbocycles. The Balaban J connectivity index is 0.997. The van der Waals surface area contributed by atoms with Crippen molar-refractivity contribution >= 4 is 0 Å². The third-order valence-electron chi connectivity index (χ3n) is 10.7. The minimum absolute atomic E-state index is 0.184. The van der Waals surface area contributed by atoms with Crippen LogP contribution in [0.1, 0.15) is 83.5 Å². The fourth-order valence-corrected chi connectivity index (χ4v) is 8.39. The molecule has 0 amide bonds. The van der Waals surface area contributed by atoms with Crippen LogP contribution in [-0.2, 0) is 4.74 Å². The molecule has 0 spiro atoms. The SMILES string of the molecule is N#CC1CC=C(C2=CC=C(C3=CC4=C(C=C(C5=CC6=C(CC5)C5C7=C(C=CC5O6)CCC=C7)CC4)CC3)CC2)CC1. The number of rotatable bonds is 3. The lowest BCUT2D eigenvalue weighted by molar-refractivity contribution is 0.170. The van der Waals surface area contributed by atoms with Crippen molar-refractivity contribution in [1.29, 1.82) is 5.26 Å². The topological polar surface area (TPSA) is 33.0 Å². The molecule has 0 saturated heterocycles. The molecule has 0 saturated carbocycles. The van der Waals surface area contributed by atoms with Gasteiger partial charge in [0.15, 0.2) is 0 Å². The molecule has 3 unspecified atom stereocenters. The van der Waals surface area contributed by atoms with Crippen molar-refractivity contribution in [2.24, 2.45) is 11.8 Å². The molecular formula is C39H39NO. The van der Waals surface area contributed by atoms with Crippen molar-refractivity contribution in [3.05, 3.63) is 128 Å². The third-order valence-corrected chi connectivity index (χ3v) is 10.7. The molecule has 8 rings (SSSR count). The number of nitrogens with zero attached hydrogens (tertiary/aromatic N) is 1. The van der Waals surface area contributed by atoms with Gasteiger partial charge in [0.25, 0.3) is 0 Å². The van der Waals surface area contributed by atoms with Crippen molar-refractivity contribution in [1.82, 2.24) is 0 Å². The Morgan fingerprint density at radius 2 is 1.39 bits per heavy atom. The largest absolute Gasteiger partial charge is 0.485 e. The van der Waals surface area contributed by atoms with E-state index in [1.807, 2.05) is 0 Å². The van der Waals surface area contributed by atoms with E-state index in [-0.39, 0.29) is 12.0 Å². The zero-order valence-corrected chi connectivity index (χ0v) is 24.1. The first kappa shape index (κ1) is 25.2. The first-order valence-corrected chi connectivity index (χ1v) is 16.0. The van der Waals surface area contributed by atoms with Gasteiger partial charge in [-0.15, -0.1) is 0 Å². The van der Waals surface area contributed by atoms with E-state index in [2.05, 4.69) is 66.8 Å². The lowest BCUT2D eigenvalue weighted by Gasteiger charge is -2.29. The second-order valence-electron chi connectivity index (χ2n) is 13.0. The molecular weight excluding hydrogens is 498 g/mol. The molecule has 1 heterocycles. The number of hydrogen-bond donors (Lipinski definition) is 0. The Morgan fingerprint density at radius 3 is 2.12 bits per heavy atom. The van der Waals surface area contributed by atoms with Gasteiger partial charge in [-0.2, -0.15) is 5.26 Å². The van der Waals surface area contributed by atoms with Gasteiger partial charge in [0.1, 0.15) is 11.9 Å². The zero-order valence-electron chi connectivity index (χ0n) is 24.1. The molecule has 1 aliphatic heterocycles. The maximum atomic E-state index is 9.20. The van der Waals surface area contributed by atoms with Crippen LogP contribution in [0.5, 0.6) is 0 Å². The number of allylic oxidation sites excluding steroid dienone is 18. The fraction of sp³-hybridized carbons (Fsp3) is 0.410. The first-order chi connectivity index (χ1) is 20.2. The van der Waals surface area contributed by atoms with Crippen LogP contribution in [0.15, 0.2) is 128 Å². The summed E-state index contributed by atoms with van der Waals surface area (Å²) in [7, 11) is 0. The summed E-state index contributed by atoms with van der Waals surface area (Å²) in [6, 6.07) is 2.44. The van der Waals surface area contributed by atoms with Crippen LogP contribution in [0.25, 0.3) is 0 Å². The molecule has 0 N–H and O–H groups in total.